The lowest BCUT2D eigenvalue weighted by atomic mass is 9.84. The highest BCUT2D eigenvalue weighted by Gasteiger charge is 2.20. The van der Waals surface area contributed by atoms with E-state index in [1.165, 1.54) is 16.7 Å². The number of hydrogen-bond donors (Lipinski definition) is 2. The number of benzene rings is 1. The lowest BCUT2D eigenvalue weighted by Gasteiger charge is -2.29. The predicted molar refractivity (Wildman–Crippen MR) is 79.4 cm³/mol. The van der Waals surface area contributed by atoms with Crippen LogP contribution >= 0.6 is 0 Å². The van der Waals surface area contributed by atoms with Gasteiger partial charge in [-0.1, -0.05) is 32.9 Å². The summed E-state index contributed by atoms with van der Waals surface area (Å²) in [7, 11) is 0. The molecule has 102 valence electrons. The van der Waals surface area contributed by atoms with Crippen LogP contribution in [-0.2, 0) is 5.41 Å². The molecule has 0 aliphatic rings. The van der Waals surface area contributed by atoms with Crippen LogP contribution in [0.2, 0.25) is 0 Å². The van der Waals surface area contributed by atoms with Crippen LogP contribution in [-0.4, -0.2) is 17.3 Å². The molecule has 0 saturated carbocycles. The predicted octanol–water partition coefficient (Wildman–Crippen LogP) is 3.78. The third kappa shape index (κ3) is 3.49. The molecule has 0 aliphatic carbocycles. The molecule has 0 aromatic heterocycles. The summed E-state index contributed by atoms with van der Waals surface area (Å²) in [6.45, 7) is 15.1. The summed E-state index contributed by atoms with van der Waals surface area (Å²) in [4.78, 5) is 0. The van der Waals surface area contributed by atoms with Crippen LogP contribution in [0, 0.1) is 13.8 Å². The van der Waals surface area contributed by atoms with Crippen molar-refractivity contribution in [3.63, 3.8) is 0 Å². The molecule has 0 amide bonds. The number of rotatable bonds is 3. The third-order valence-electron chi connectivity index (χ3n) is 3.26. The smallest absolute Gasteiger partial charge is 0.0656 e. The van der Waals surface area contributed by atoms with Crippen molar-refractivity contribution in [3.05, 3.63) is 28.8 Å². The number of hydrogen-bond acceptors (Lipinski definition) is 2. The second kappa shape index (κ2) is 4.93. The highest BCUT2D eigenvalue weighted by Crippen LogP contribution is 2.30. The van der Waals surface area contributed by atoms with Gasteiger partial charge in [0.15, 0.2) is 0 Å². The molecule has 2 heteroatoms. The van der Waals surface area contributed by atoms with Gasteiger partial charge in [-0.05, 0) is 49.8 Å². The second-order valence-corrected chi connectivity index (χ2v) is 6.90. The lowest BCUT2D eigenvalue weighted by molar-refractivity contribution is 0.234. The first-order valence-corrected chi connectivity index (χ1v) is 6.57. The van der Waals surface area contributed by atoms with Gasteiger partial charge in [0, 0.05) is 5.69 Å². The normalized spacial score (nSPS) is 12.7. The van der Waals surface area contributed by atoms with Crippen molar-refractivity contribution in [1.82, 2.24) is 0 Å². The first-order valence-electron chi connectivity index (χ1n) is 6.57. The Bertz CT molecular complexity index is 404. The van der Waals surface area contributed by atoms with E-state index < -0.39 is 0 Å². The molecule has 1 aromatic carbocycles. The van der Waals surface area contributed by atoms with E-state index in [0.29, 0.717) is 0 Å². The monoisotopic (exact) mass is 249 g/mol. The Morgan fingerprint density at radius 3 is 1.78 bits per heavy atom. The summed E-state index contributed by atoms with van der Waals surface area (Å²) in [5.74, 6) is 0. The molecule has 0 aliphatic heterocycles. The van der Waals surface area contributed by atoms with Crippen molar-refractivity contribution in [3.8, 4) is 0 Å². The SMILES string of the molecule is Cc1cc(C(C)(C)C)cc(C)c1NC(C)(C)CO. The zero-order valence-electron chi connectivity index (χ0n) is 12.8. The highest BCUT2D eigenvalue weighted by atomic mass is 16.3. The lowest BCUT2D eigenvalue weighted by Crippen LogP contribution is -2.35. The van der Waals surface area contributed by atoms with Gasteiger partial charge in [0.05, 0.1) is 12.1 Å². The molecule has 1 rings (SSSR count). The zero-order chi connectivity index (χ0) is 14.1. The van der Waals surface area contributed by atoms with Crippen LogP contribution in [0.4, 0.5) is 5.69 Å². The van der Waals surface area contributed by atoms with E-state index >= 15 is 0 Å². The van der Waals surface area contributed by atoms with Gasteiger partial charge in [-0.3, -0.25) is 0 Å². The molecule has 18 heavy (non-hydrogen) atoms. The summed E-state index contributed by atoms with van der Waals surface area (Å²) < 4.78 is 0. The quantitative estimate of drug-likeness (QED) is 0.854. The van der Waals surface area contributed by atoms with Crippen LogP contribution in [0.5, 0.6) is 0 Å². The van der Waals surface area contributed by atoms with Crippen LogP contribution in [0.15, 0.2) is 12.1 Å². The fraction of sp³-hybridized carbons (Fsp3) is 0.625. The van der Waals surface area contributed by atoms with Gasteiger partial charge >= 0.3 is 0 Å². The number of aliphatic hydroxyl groups is 1. The summed E-state index contributed by atoms with van der Waals surface area (Å²) >= 11 is 0. The minimum absolute atomic E-state index is 0.118. The Morgan fingerprint density at radius 1 is 1.00 bits per heavy atom. The van der Waals surface area contributed by atoms with Crippen LogP contribution in [0.1, 0.15) is 51.3 Å². The van der Waals surface area contributed by atoms with Gasteiger partial charge < -0.3 is 10.4 Å². The average molecular weight is 249 g/mol. The molecule has 0 heterocycles. The molecule has 0 radical (unpaired) electrons. The van der Waals surface area contributed by atoms with E-state index in [0.717, 1.165) is 5.69 Å². The molecule has 2 N–H and O–H groups in total. The molecule has 0 bridgehead atoms. The van der Waals surface area contributed by atoms with Crippen LogP contribution in [0.3, 0.4) is 0 Å². The van der Waals surface area contributed by atoms with Crippen molar-refractivity contribution in [1.29, 1.82) is 0 Å². The highest BCUT2D eigenvalue weighted by molar-refractivity contribution is 5.60. The fourth-order valence-electron chi connectivity index (χ4n) is 1.97. The van der Waals surface area contributed by atoms with Crippen LogP contribution < -0.4 is 5.32 Å². The summed E-state index contributed by atoms with van der Waals surface area (Å²) in [6, 6.07) is 4.48. The maximum atomic E-state index is 9.36. The first kappa shape index (κ1) is 15.0. The molecular weight excluding hydrogens is 222 g/mol. The van der Waals surface area contributed by atoms with E-state index in [9.17, 15) is 5.11 Å². The third-order valence-corrected chi connectivity index (χ3v) is 3.26. The zero-order valence-corrected chi connectivity index (χ0v) is 12.8. The second-order valence-electron chi connectivity index (χ2n) is 6.90. The Kier molecular flexibility index (Phi) is 4.12. The Hall–Kier alpha value is -1.02. The summed E-state index contributed by atoms with van der Waals surface area (Å²) in [5.41, 5.74) is 4.84. The van der Waals surface area contributed by atoms with Crippen molar-refractivity contribution < 1.29 is 5.11 Å². The molecule has 2 nitrogen and oxygen atoms in total. The van der Waals surface area contributed by atoms with Crippen molar-refractivity contribution in [2.75, 3.05) is 11.9 Å². The van der Waals surface area contributed by atoms with Gasteiger partial charge in [-0.2, -0.15) is 0 Å². The topological polar surface area (TPSA) is 32.3 Å². The molecule has 0 atom stereocenters. The molecule has 0 spiro atoms. The van der Waals surface area contributed by atoms with E-state index in [1.54, 1.807) is 0 Å². The van der Waals surface area contributed by atoms with E-state index in [4.69, 9.17) is 0 Å². The molecule has 1 aromatic rings. The van der Waals surface area contributed by atoms with Crippen molar-refractivity contribution >= 4 is 5.69 Å². The standard InChI is InChI=1S/C16H27NO/c1-11-8-13(15(3,4)5)9-12(2)14(11)17-16(6,7)10-18/h8-9,17-18H,10H2,1-7H3. The maximum Gasteiger partial charge on any atom is 0.0656 e. The number of aliphatic hydroxyl groups excluding tert-OH is 1. The number of aryl methyl sites for hydroxylation is 2. The fourth-order valence-corrected chi connectivity index (χ4v) is 1.97. The van der Waals surface area contributed by atoms with Gasteiger partial charge in [0.25, 0.3) is 0 Å². The summed E-state index contributed by atoms with van der Waals surface area (Å²) in [6.07, 6.45) is 0. The summed E-state index contributed by atoms with van der Waals surface area (Å²) in [5, 5.41) is 12.8. The van der Waals surface area contributed by atoms with Crippen molar-refractivity contribution in [2.45, 2.75) is 59.4 Å². The minimum Gasteiger partial charge on any atom is -0.394 e. The van der Waals surface area contributed by atoms with Gasteiger partial charge in [0.1, 0.15) is 0 Å². The molecular formula is C16H27NO. The van der Waals surface area contributed by atoms with E-state index in [2.05, 4.69) is 52.1 Å². The van der Waals surface area contributed by atoms with Crippen LogP contribution in [0.25, 0.3) is 0 Å². The van der Waals surface area contributed by atoms with Gasteiger partial charge in [-0.15, -0.1) is 0 Å². The maximum absolute atomic E-state index is 9.36. The number of anilines is 1. The Balaban J connectivity index is 3.18. The largest absolute Gasteiger partial charge is 0.394 e. The van der Waals surface area contributed by atoms with E-state index in [1.807, 2.05) is 13.8 Å². The minimum atomic E-state index is -0.293. The Morgan fingerprint density at radius 2 is 1.44 bits per heavy atom. The van der Waals surface area contributed by atoms with Crippen molar-refractivity contribution in [2.24, 2.45) is 0 Å². The Labute approximate surface area is 111 Å². The molecule has 0 saturated heterocycles. The molecule has 0 fully saturated rings. The van der Waals surface area contributed by atoms with Gasteiger partial charge in [0.2, 0.25) is 0 Å². The number of nitrogens with one attached hydrogen (secondary N) is 1. The van der Waals surface area contributed by atoms with E-state index in [-0.39, 0.29) is 17.6 Å². The first-order chi connectivity index (χ1) is 8.07. The average Bonchev–Trinajstić information content (AvgIpc) is 2.22. The van der Waals surface area contributed by atoms with Gasteiger partial charge in [-0.25, -0.2) is 0 Å². The molecule has 0 unspecified atom stereocenters.